The van der Waals surface area contributed by atoms with Crippen LogP contribution in [-0.2, 0) is 37.3 Å². The van der Waals surface area contributed by atoms with E-state index in [9.17, 15) is 0 Å². The van der Waals surface area contributed by atoms with Crippen LogP contribution < -0.4 is 9.64 Å². The van der Waals surface area contributed by atoms with Crippen LogP contribution in [0, 0.1) is 18.8 Å². The zero-order valence-corrected chi connectivity index (χ0v) is 44.5. The third-order valence-corrected chi connectivity index (χ3v) is 14.3. The summed E-state index contributed by atoms with van der Waals surface area (Å²) < 4.78 is 20.5. The molecule has 11 aromatic rings. The van der Waals surface area contributed by atoms with Gasteiger partial charge >= 0.3 is 0 Å². The van der Waals surface area contributed by atoms with Gasteiger partial charge in [0.1, 0.15) is 5.82 Å². The van der Waals surface area contributed by atoms with Gasteiger partial charge in [0.2, 0.25) is 0 Å². The van der Waals surface area contributed by atoms with Crippen LogP contribution in [0.25, 0.3) is 82.1 Å². The van der Waals surface area contributed by atoms with Gasteiger partial charge in [0.25, 0.3) is 0 Å². The van der Waals surface area contributed by atoms with E-state index in [1.807, 2.05) is 36.5 Å². The number of ether oxygens (including phenoxy) is 1. The number of nitrogens with zero attached hydrogens (tertiary/aromatic N) is 4. The molecule has 0 N–H and O–H groups in total. The third kappa shape index (κ3) is 7.99. The van der Waals surface area contributed by atoms with Gasteiger partial charge in [-0.3, -0.25) is 0 Å². The average Bonchev–Trinajstić information content (AvgIpc) is 3.92. The first-order valence-corrected chi connectivity index (χ1v) is 24.7. The zero-order chi connectivity index (χ0) is 49.8. The summed E-state index contributed by atoms with van der Waals surface area (Å²) in [5.74, 6) is 2.00. The summed E-state index contributed by atoms with van der Waals surface area (Å²) in [6, 6.07) is 66.3. The second-order valence-corrected chi connectivity index (χ2v) is 22.1. The van der Waals surface area contributed by atoms with Crippen molar-refractivity contribution in [3.05, 3.63) is 212 Å². The molecule has 0 amide bonds. The summed E-state index contributed by atoms with van der Waals surface area (Å²) in [5, 5.41) is 9.09. The number of para-hydroxylation sites is 2. The summed E-state index contributed by atoms with van der Waals surface area (Å²) in [6.45, 7) is 22.3. The molecular weight excluding hydrogens is 1060 g/mol. The quantitative estimate of drug-likeness (QED) is 0.161. The molecule has 1 aliphatic rings. The fourth-order valence-electron chi connectivity index (χ4n) is 10.5. The van der Waals surface area contributed by atoms with E-state index in [4.69, 9.17) is 11.1 Å². The molecule has 4 heterocycles. The van der Waals surface area contributed by atoms with E-state index in [1.165, 1.54) is 21.9 Å². The van der Waals surface area contributed by atoms with Crippen molar-refractivity contribution >= 4 is 76.5 Å². The number of aromatic nitrogens is 3. The second-order valence-electron chi connectivity index (χ2n) is 22.1. The summed E-state index contributed by atoms with van der Waals surface area (Å²) >= 11 is 0. The number of rotatable bonds is 5. The largest absolute Gasteiger partial charge is 0.509 e. The number of benzene rings is 8. The fourth-order valence-corrected chi connectivity index (χ4v) is 10.5. The normalized spacial score (nSPS) is 13.0. The molecule has 0 atom stereocenters. The predicted molar refractivity (Wildman–Crippen MR) is 298 cm³/mol. The van der Waals surface area contributed by atoms with Crippen molar-refractivity contribution in [3.63, 3.8) is 0 Å². The summed E-state index contributed by atoms with van der Waals surface area (Å²) in [4.78, 5) is 7.18. The monoisotopic (exact) mass is 1120 g/mol. The van der Waals surface area contributed by atoms with Crippen LogP contribution in [0.4, 0.5) is 11.4 Å². The van der Waals surface area contributed by atoms with Gasteiger partial charge in [-0.15, -0.1) is 35.7 Å². The van der Waals surface area contributed by atoms with Gasteiger partial charge in [0.15, 0.2) is 0 Å². The maximum Gasteiger partial charge on any atom is 0.135 e. The van der Waals surface area contributed by atoms with Gasteiger partial charge in [-0.1, -0.05) is 189 Å². The number of anilines is 2. The van der Waals surface area contributed by atoms with Gasteiger partial charge in [0, 0.05) is 50.0 Å². The van der Waals surface area contributed by atoms with E-state index in [0.717, 1.165) is 88.3 Å². The minimum absolute atomic E-state index is 0. The Morgan fingerprint density at radius 1 is 0.514 bits per heavy atom. The van der Waals surface area contributed by atoms with Crippen molar-refractivity contribution in [1.82, 2.24) is 14.1 Å². The number of hydrogen-bond acceptors (Lipinski definition) is 3. The Bertz CT molecular complexity index is 4090. The smallest absolute Gasteiger partial charge is 0.135 e. The Labute approximate surface area is 438 Å². The van der Waals surface area contributed by atoms with Gasteiger partial charge < -0.3 is 18.8 Å². The summed E-state index contributed by atoms with van der Waals surface area (Å²) in [7, 11) is 0. The Morgan fingerprint density at radius 3 is 1.81 bits per heavy atom. The third-order valence-electron chi connectivity index (χ3n) is 14.3. The van der Waals surface area contributed by atoms with E-state index < -0.39 is 0 Å². The van der Waals surface area contributed by atoms with E-state index in [0.29, 0.717) is 17.5 Å². The number of pyridine rings is 1. The average molecular weight is 1120 g/mol. The number of hydrogen-bond donors (Lipinski definition) is 0. The molecule has 8 aromatic carbocycles. The van der Waals surface area contributed by atoms with Gasteiger partial charge in [-0.2, -0.15) is 12.1 Å². The van der Waals surface area contributed by atoms with Crippen molar-refractivity contribution in [2.45, 2.75) is 78.6 Å². The first-order chi connectivity index (χ1) is 34.5. The van der Waals surface area contributed by atoms with Crippen LogP contribution in [0.3, 0.4) is 0 Å². The zero-order valence-electron chi connectivity index (χ0n) is 43.3. The van der Waals surface area contributed by atoms with Crippen LogP contribution in [0.15, 0.2) is 176 Å². The molecule has 0 saturated heterocycles. The molecule has 6 heteroatoms. The number of fused-ring (bicyclic) bond motifs is 10. The Morgan fingerprint density at radius 2 is 1.11 bits per heavy atom. The van der Waals surface area contributed by atoms with Gasteiger partial charge in [-0.25, -0.2) is 4.98 Å². The minimum Gasteiger partial charge on any atom is -0.509 e. The fraction of sp³-hybridized carbons (Fsp3) is 0.182. The molecule has 0 aliphatic carbocycles. The molecule has 0 radical (unpaired) electrons. The molecule has 1 aliphatic heterocycles. The van der Waals surface area contributed by atoms with Crippen molar-refractivity contribution < 1.29 is 27.2 Å². The van der Waals surface area contributed by atoms with Crippen LogP contribution in [0.1, 0.15) is 80.4 Å². The maximum atomic E-state index is 9.05. The first kappa shape index (κ1) is 45.8. The van der Waals surface area contributed by atoms with E-state index in [1.54, 1.807) is 0 Å². The maximum absolute atomic E-state index is 9.05. The van der Waals surface area contributed by atoms with Gasteiger partial charge in [-0.05, 0) is 124 Å². The summed E-state index contributed by atoms with van der Waals surface area (Å²) in [5.41, 5.74) is 11.4. The van der Waals surface area contributed by atoms with E-state index in [2.05, 4.69) is 229 Å². The molecule has 360 valence electrons. The molecule has 0 spiro atoms. The first-order valence-electron chi connectivity index (χ1n) is 25.2. The molecule has 3 aromatic heterocycles. The second kappa shape index (κ2) is 17.5. The van der Waals surface area contributed by atoms with Crippen LogP contribution in [0.2, 0.25) is 0 Å². The Balaban J connectivity index is 0.00000574. The van der Waals surface area contributed by atoms with Crippen molar-refractivity contribution in [1.29, 1.82) is 0 Å². The minimum atomic E-state index is -0.145. The van der Waals surface area contributed by atoms with Crippen LogP contribution in [-0.4, -0.2) is 14.1 Å². The Hall–Kier alpha value is -7.33. The van der Waals surface area contributed by atoms with Crippen molar-refractivity contribution in [3.8, 4) is 28.4 Å². The molecule has 0 fully saturated rings. The van der Waals surface area contributed by atoms with Crippen molar-refractivity contribution in [2.75, 3.05) is 4.90 Å². The van der Waals surface area contributed by atoms with E-state index >= 15 is 0 Å². The molecular formula is C66H57N4OPt-3. The molecule has 12 rings (SSSR count). The molecule has 72 heavy (non-hydrogen) atoms. The topological polar surface area (TPSA) is 35.2 Å². The Kier molecular flexibility index (Phi) is 11.1. The van der Waals surface area contributed by atoms with Crippen LogP contribution >= 0.6 is 0 Å². The van der Waals surface area contributed by atoms with Crippen molar-refractivity contribution in [2.24, 2.45) is 0 Å². The van der Waals surface area contributed by atoms with Crippen LogP contribution in [0.5, 0.6) is 11.5 Å². The molecule has 0 saturated carbocycles. The SMILES string of the molecule is [2H]c1cc(-c2cccc3c4ccccc4c4ccccc4c4cccc5c4n(c23)[CH-]N5c2[c-]c(Oc3[c-]c4c(cc3)c3cc(C(C)(C)C)ccc3n4-c3cc(C(C)(C)C)ccn3)ccc2)cc(C(C)(C)C)c1.[Pt]. The van der Waals surface area contributed by atoms with Gasteiger partial charge in [0.05, 0.1) is 1.37 Å². The summed E-state index contributed by atoms with van der Waals surface area (Å²) in [6.07, 6.45) is 1.91. The molecule has 0 bridgehead atoms. The predicted octanol–water partition coefficient (Wildman–Crippen LogP) is 17.8. The van der Waals surface area contributed by atoms with E-state index in [-0.39, 0.29) is 37.3 Å². The molecule has 0 unspecified atom stereocenters. The standard InChI is InChI=1S/C66H57N4O.Pt/c1-64(2,3)43-19-14-18-42(36-43)49-26-16-27-55-52-24-12-10-22-50(52)51-23-11-13-25-53(51)56-28-17-29-59-63(56)69(62(49)55)41-68(59)46-20-15-21-47(39-46)71-48-31-32-54-57-37-44(65(4,5)6)30-33-58(57)70(60(54)40-48)61-38-45(34-35-67-61)66(7,8)9;/h10-38,41H,1-9H3;/q-3;/i14D;. The molecule has 5 nitrogen and oxygen atoms in total.